The summed E-state index contributed by atoms with van der Waals surface area (Å²) in [6.45, 7) is 0.719. The van der Waals surface area contributed by atoms with Crippen molar-refractivity contribution >= 4 is 27.8 Å². The van der Waals surface area contributed by atoms with Crippen molar-refractivity contribution in [1.82, 2.24) is 19.8 Å². The summed E-state index contributed by atoms with van der Waals surface area (Å²) >= 11 is 1.22. The summed E-state index contributed by atoms with van der Waals surface area (Å²) in [5, 5.41) is 11.1. The number of nitrogens with one attached hydrogen (secondary N) is 2. The van der Waals surface area contributed by atoms with Crippen LogP contribution in [0.2, 0.25) is 0 Å². The molecule has 1 aromatic carbocycles. The SMILES string of the molecule is O=c1[nH]c2ccc(CCNc3nnns3)cc2o1. The van der Waals surface area contributed by atoms with Gasteiger partial charge in [-0.1, -0.05) is 15.7 Å². The minimum absolute atomic E-state index is 0.430. The summed E-state index contributed by atoms with van der Waals surface area (Å²) in [6, 6.07) is 5.64. The molecule has 0 unspecified atom stereocenters. The third kappa shape index (κ3) is 2.23. The van der Waals surface area contributed by atoms with Crippen LogP contribution in [0.4, 0.5) is 5.13 Å². The minimum atomic E-state index is -0.430. The fraction of sp³-hybridized carbons (Fsp3) is 0.200. The highest BCUT2D eigenvalue weighted by Crippen LogP contribution is 2.13. The van der Waals surface area contributed by atoms with Crippen LogP contribution < -0.4 is 11.1 Å². The Morgan fingerprint density at radius 1 is 1.44 bits per heavy atom. The van der Waals surface area contributed by atoms with Gasteiger partial charge in [0.25, 0.3) is 0 Å². The summed E-state index contributed by atoms with van der Waals surface area (Å²) in [6.07, 6.45) is 0.796. The Hall–Kier alpha value is -2.22. The number of anilines is 1. The highest BCUT2D eigenvalue weighted by Gasteiger charge is 2.02. The molecule has 3 aromatic rings. The first kappa shape index (κ1) is 10.9. The Balaban J connectivity index is 1.69. The molecule has 0 fully saturated rings. The van der Waals surface area contributed by atoms with Crippen molar-refractivity contribution in [2.45, 2.75) is 6.42 Å². The number of fused-ring (bicyclic) bond motifs is 1. The maximum Gasteiger partial charge on any atom is 0.417 e. The minimum Gasteiger partial charge on any atom is -0.408 e. The third-order valence-corrected chi connectivity index (χ3v) is 3.03. The maximum atomic E-state index is 11.0. The van der Waals surface area contributed by atoms with Crippen molar-refractivity contribution in [2.24, 2.45) is 0 Å². The van der Waals surface area contributed by atoms with Crippen molar-refractivity contribution in [3.63, 3.8) is 0 Å². The van der Waals surface area contributed by atoms with Crippen LogP contribution in [-0.4, -0.2) is 26.3 Å². The van der Waals surface area contributed by atoms with Gasteiger partial charge in [0.1, 0.15) is 0 Å². The quantitative estimate of drug-likeness (QED) is 0.729. The van der Waals surface area contributed by atoms with Gasteiger partial charge in [-0.25, -0.2) is 4.79 Å². The van der Waals surface area contributed by atoms with Gasteiger partial charge in [-0.2, -0.15) is 0 Å². The van der Waals surface area contributed by atoms with Crippen LogP contribution in [0.1, 0.15) is 5.56 Å². The number of hydrogen-bond acceptors (Lipinski definition) is 7. The molecular formula is C10H9N5O2S. The van der Waals surface area contributed by atoms with Crippen LogP contribution in [0.3, 0.4) is 0 Å². The molecule has 7 nitrogen and oxygen atoms in total. The van der Waals surface area contributed by atoms with Crippen LogP contribution in [0.15, 0.2) is 27.4 Å². The van der Waals surface area contributed by atoms with Gasteiger partial charge in [0.15, 0.2) is 5.58 Å². The van der Waals surface area contributed by atoms with Gasteiger partial charge < -0.3 is 9.73 Å². The van der Waals surface area contributed by atoms with Crippen LogP contribution in [0.25, 0.3) is 11.1 Å². The van der Waals surface area contributed by atoms with Gasteiger partial charge in [0, 0.05) is 18.1 Å². The first-order valence-electron chi connectivity index (χ1n) is 5.32. The Morgan fingerprint density at radius 2 is 2.39 bits per heavy atom. The monoisotopic (exact) mass is 263 g/mol. The van der Waals surface area contributed by atoms with Gasteiger partial charge >= 0.3 is 5.76 Å². The molecule has 3 rings (SSSR count). The lowest BCUT2D eigenvalue weighted by Crippen LogP contribution is -2.04. The van der Waals surface area contributed by atoms with E-state index in [2.05, 4.69) is 25.1 Å². The van der Waals surface area contributed by atoms with Crippen molar-refractivity contribution in [3.8, 4) is 0 Å². The lowest BCUT2D eigenvalue weighted by Gasteiger charge is -2.01. The lowest BCUT2D eigenvalue weighted by atomic mass is 10.1. The summed E-state index contributed by atoms with van der Waals surface area (Å²) in [5.41, 5.74) is 2.37. The molecule has 0 spiro atoms. The van der Waals surface area contributed by atoms with E-state index in [4.69, 9.17) is 4.42 Å². The number of H-pyrrole nitrogens is 1. The van der Waals surface area contributed by atoms with E-state index >= 15 is 0 Å². The number of nitrogens with zero attached hydrogens (tertiary/aromatic N) is 3. The zero-order valence-corrected chi connectivity index (χ0v) is 10.0. The molecule has 2 aromatic heterocycles. The van der Waals surface area contributed by atoms with E-state index in [9.17, 15) is 4.79 Å². The topological polar surface area (TPSA) is 96.7 Å². The van der Waals surface area contributed by atoms with Crippen molar-refractivity contribution in [2.75, 3.05) is 11.9 Å². The van der Waals surface area contributed by atoms with E-state index in [0.717, 1.165) is 18.5 Å². The van der Waals surface area contributed by atoms with Gasteiger partial charge in [-0.3, -0.25) is 4.98 Å². The van der Waals surface area contributed by atoms with E-state index in [0.29, 0.717) is 16.2 Å². The molecule has 2 heterocycles. The highest BCUT2D eigenvalue weighted by molar-refractivity contribution is 7.09. The fourth-order valence-electron chi connectivity index (χ4n) is 1.66. The Bertz CT molecular complexity index is 702. The summed E-state index contributed by atoms with van der Waals surface area (Å²) < 4.78 is 8.65. The molecule has 0 saturated carbocycles. The van der Waals surface area contributed by atoms with E-state index in [1.165, 1.54) is 11.5 Å². The number of hydrogen-bond donors (Lipinski definition) is 2. The molecular weight excluding hydrogens is 254 g/mol. The molecule has 0 aliphatic carbocycles. The Kier molecular flexibility index (Phi) is 2.77. The average Bonchev–Trinajstić information content (AvgIpc) is 2.96. The fourth-order valence-corrected chi connectivity index (χ4v) is 2.05. The standard InChI is InChI=1S/C10H9N5O2S/c16-10-12-7-2-1-6(5-8(7)17-10)3-4-11-9-13-14-15-18-9/h1-2,5H,3-4H2,(H,12,16)(H,11,13,15). The van der Waals surface area contributed by atoms with Crippen molar-refractivity contribution < 1.29 is 4.42 Å². The zero-order chi connectivity index (χ0) is 12.4. The number of aromatic amines is 1. The Morgan fingerprint density at radius 3 is 3.22 bits per heavy atom. The van der Waals surface area contributed by atoms with E-state index < -0.39 is 5.76 Å². The molecule has 0 atom stereocenters. The third-order valence-electron chi connectivity index (χ3n) is 2.47. The summed E-state index contributed by atoms with van der Waals surface area (Å²) in [4.78, 5) is 13.6. The molecule has 18 heavy (non-hydrogen) atoms. The molecule has 0 radical (unpaired) electrons. The number of rotatable bonds is 4. The molecule has 0 aliphatic heterocycles. The van der Waals surface area contributed by atoms with Gasteiger partial charge in [-0.15, -0.1) is 0 Å². The Labute approximate surface area is 105 Å². The van der Waals surface area contributed by atoms with Gasteiger partial charge in [0.2, 0.25) is 5.13 Å². The molecule has 0 saturated heterocycles. The van der Waals surface area contributed by atoms with E-state index in [-0.39, 0.29) is 0 Å². The largest absolute Gasteiger partial charge is 0.417 e. The second-order valence-electron chi connectivity index (χ2n) is 3.69. The molecule has 0 amide bonds. The van der Waals surface area contributed by atoms with E-state index in [1.54, 1.807) is 0 Å². The summed E-state index contributed by atoms with van der Waals surface area (Å²) in [7, 11) is 0. The number of benzene rings is 1. The maximum absolute atomic E-state index is 11.0. The van der Waals surface area contributed by atoms with Crippen molar-refractivity contribution in [3.05, 3.63) is 34.3 Å². The van der Waals surface area contributed by atoms with Crippen LogP contribution >= 0.6 is 11.5 Å². The molecule has 8 heteroatoms. The molecule has 92 valence electrons. The zero-order valence-electron chi connectivity index (χ0n) is 9.21. The van der Waals surface area contributed by atoms with Crippen LogP contribution in [0, 0.1) is 0 Å². The van der Waals surface area contributed by atoms with Gasteiger partial charge in [-0.05, 0) is 29.3 Å². The number of oxazole rings is 1. The lowest BCUT2D eigenvalue weighted by molar-refractivity contribution is 0.555. The highest BCUT2D eigenvalue weighted by atomic mass is 32.1. The summed E-state index contributed by atoms with van der Waals surface area (Å²) in [5.74, 6) is -0.430. The van der Waals surface area contributed by atoms with Crippen LogP contribution in [-0.2, 0) is 6.42 Å². The molecule has 2 N–H and O–H groups in total. The van der Waals surface area contributed by atoms with Crippen molar-refractivity contribution in [1.29, 1.82) is 0 Å². The number of aromatic nitrogens is 4. The molecule has 0 bridgehead atoms. The first-order valence-corrected chi connectivity index (χ1v) is 6.09. The van der Waals surface area contributed by atoms with Crippen LogP contribution in [0.5, 0.6) is 0 Å². The smallest absolute Gasteiger partial charge is 0.408 e. The van der Waals surface area contributed by atoms with E-state index in [1.807, 2.05) is 18.2 Å². The van der Waals surface area contributed by atoms with Gasteiger partial charge in [0.05, 0.1) is 5.52 Å². The second kappa shape index (κ2) is 4.57. The normalized spacial score (nSPS) is 10.9. The predicted octanol–water partition coefficient (Wildman–Crippen LogP) is 1.02. The average molecular weight is 263 g/mol. The molecule has 0 aliphatic rings. The second-order valence-corrected chi connectivity index (χ2v) is 4.42. The first-order chi connectivity index (χ1) is 8.81. The predicted molar refractivity (Wildman–Crippen MR) is 66.7 cm³/mol.